The molecule has 0 bridgehead atoms. The number of fused-ring (bicyclic) bond motifs is 1. The molecule has 1 unspecified atom stereocenters. The Labute approximate surface area is 153 Å². The molecule has 1 aromatic heterocycles. The number of hydrogen-bond acceptors (Lipinski definition) is 5. The molecule has 1 aliphatic rings. The molecule has 136 valence electrons. The Hall–Kier alpha value is -2.37. The second-order valence-electron chi connectivity index (χ2n) is 6.87. The number of aromatic nitrogens is 1. The smallest absolute Gasteiger partial charge is 0.198 e. The highest BCUT2D eigenvalue weighted by atomic mass is 16.5. The first-order chi connectivity index (χ1) is 12.8. The lowest BCUT2D eigenvalue weighted by Crippen LogP contribution is -2.40. The van der Waals surface area contributed by atoms with E-state index in [1.807, 2.05) is 54.6 Å². The maximum atomic E-state index is 10.2. The first-order valence-electron chi connectivity index (χ1n) is 9.21. The molecular formula is C21H24N2O3. The van der Waals surface area contributed by atoms with Gasteiger partial charge < -0.3 is 19.2 Å². The number of ether oxygens (including phenoxy) is 1. The van der Waals surface area contributed by atoms with Crippen LogP contribution >= 0.6 is 0 Å². The molecule has 1 fully saturated rings. The van der Waals surface area contributed by atoms with Gasteiger partial charge in [-0.05, 0) is 50.2 Å². The van der Waals surface area contributed by atoms with E-state index in [1.54, 1.807) is 0 Å². The topological polar surface area (TPSA) is 58.7 Å². The van der Waals surface area contributed by atoms with Crippen molar-refractivity contribution < 1.29 is 14.3 Å². The van der Waals surface area contributed by atoms with Gasteiger partial charge in [0.2, 0.25) is 0 Å². The molecule has 0 amide bonds. The third-order valence-electron chi connectivity index (χ3n) is 4.90. The van der Waals surface area contributed by atoms with E-state index in [0.29, 0.717) is 19.1 Å². The van der Waals surface area contributed by atoms with Crippen molar-refractivity contribution in [2.45, 2.75) is 24.9 Å². The molecule has 5 nitrogen and oxygen atoms in total. The van der Waals surface area contributed by atoms with E-state index in [4.69, 9.17) is 9.15 Å². The van der Waals surface area contributed by atoms with E-state index in [0.717, 1.165) is 48.7 Å². The van der Waals surface area contributed by atoms with Gasteiger partial charge in [-0.2, -0.15) is 0 Å². The molecule has 2 aromatic carbocycles. The Morgan fingerprint density at radius 3 is 2.58 bits per heavy atom. The van der Waals surface area contributed by atoms with Crippen molar-refractivity contribution in [3.8, 4) is 5.75 Å². The number of para-hydroxylation sites is 3. The van der Waals surface area contributed by atoms with Crippen LogP contribution in [0.1, 0.15) is 24.7 Å². The lowest BCUT2D eigenvalue weighted by molar-refractivity contribution is 0.0583. The summed E-state index contributed by atoms with van der Waals surface area (Å²) in [4.78, 5) is 6.92. The zero-order valence-electron chi connectivity index (χ0n) is 14.8. The second kappa shape index (κ2) is 7.89. The number of nitrogens with zero attached hydrogens (tertiary/aromatic N) is 2. The average Bonchev–Trinajstić information content (AvgIpc) is 3.12. The Kier molecular flexibility index (Phi) is 5.18. The van der Waals surface area contributed by atoms with Crippen molar-refractivity contribution in [2.75, 3.05) is 26.2 Å². The second-order valence-corrected chi connectivity index (χ2v) is 6.87. The molecule has 1 aliphatic heterocycles. The SMILES string of the molecule is OC(COc1ccccc1)CN1CCC(c2nc3ccccc3o2)CC1. The summed E-state index contributed by atoms with van der Waals surface area (Å²) in [5.74, 6) is 2.00. The summed E-state index contributed by atoms with van der Waals surface area (Å²) >= 11 is 0. The van der Waals surface area contributed by atoms with Crippen LogP contribution in [0.25, 0.3) is 11.1 Å². The monoisotopic (exact) mass is 352 g/mol. The van der Waals surface area contributed by atoms with E-state index in [2.05, 4.69) is 9.88 Å². The number of oxazole rings is 1. The molecule has 2 heterocycles. The number of likely N-dealkylation sites (tertiary alicyclic amines) is 1. The molecule has 1 saturated heterocycles. The number of β-amino-alcohol motifs (C(OH)–C–C–N with tert-alkyl or cyclic N) is 1. The van der Waals surface area contributed by atoms with Gasteiger partial charge in [-0.3, -0.25) is 0 Å². The molecule has 3 aromatic rings. The maximum Gasteiger partial charge on any atom is 0.198 e. The first-order valence-corrected chi connectivity index (χ1v) is 9.21. The highest BCUT2D eigenvalue weighted by Crippen LogP contribution is 2.29. The van der Waals surface area contributed by atoms with Gasteiger partial charge in [0.25, 0.3) is 0 Å². The third-order valence-corrected chi connectivity index (χ3v) is 4.90. The number of benzene rings is 2. The number of piperidine rings is 1. The zero-order valence-corrected chi connectivity index (χ0v) is 14.8. The molecule has 1 atom stereocenters. The highest BCUT2D eigenvalue weighted by Gasteiger charge is 2.25. The Bertz CT molecular complexity index is 792. The van der Waals surface area contributed by atoms with Crippen LogP contribution in [0.3, 0.4) is 0 Å². The van der Waals surface area contributed by atoms with E-state index in [1.165, 1.54) is 0 Å². The van der Waals surface area contributed by atoms with Crippen LogP contribution in [-0.2, 0) is 0 Å². The van der Waals surface area contributed by atoms with Crippen LogP contribution in [-0.4, -0.2) is 47.3 Å². The highest BCUT2D eigenvalue weighted by molar-refractivity contribution is 5.72. The summed E-state index contributed by atoms with van der Waals surface area (Å²) in [7, 11) is 0. The van der Waals surface area contributed by atoms with Gasteiger partial charge in [0.05, 0.1) is 0 Å². The minimum Gasteiger partial charge on any atom is -0.491 e. The van der Waals surface area contributed by atoms with Gasteiger partial charge in [-0.25, -0.2) is 4.98 Å². The fourth-order valence-electron chi connectivity index (χ4n) is 3.49. The van der Waals surface area contributed by atoms with Crippen LogP contribution in [0, 0.1) is 0 Å². The van der Waals surface area contributed by atoms with Crippen molar-refractivity contribution >= 4 is 11.1 Å². The van der Waals surface area contributed by atoms with Crippen LogP contribution in [0.4, 0.5) is 0 Å². The largest absolute Gasteiger partial charge is 0.491 e. The molecule has 26 heavy (non-hydrogen) atoms. The third kappa shape index (κ3) is 4.06. The number of aliphatic hydroxyl groups is 1. The van der Waals surface area contributed by atoms with Crippen LogP contribution < -0.4 is 4.74 Å². The van der Waals surface area contributed by atoms with E-state index >= 15 is 0 Å². The van der Waals surface area contributed by atoms with Crippen LogP contribution in [0.2, 0.25) is 0 Å². The fourth-order valence-corrected chi connectivity index (χ4v) is 3.49. The molecule has 1 N–H and O–H groups in total. The fraction of sp³-hybridized carbons (Fsp3) is 0.381. The van der Waals surface area contributed by atoms with Crippen molar-refractivity contribution in [1.82, 2.24) is 9.88 Å². The Morgan fingerprint density at radius 1 is 1.08 bits per heavy atom. The lowest BCUT2D eigenvalue weighted by Gasteiger charge is -2.31. The minimum atomic E-state index is -0.490. The summed E-state index contributed by atoms with van der Waals surface area (Å²) in [6.45, 7) is 2.82. The molecule has 0 radical (unpaired) electrons. The van der Waals surface area contributed by atoms with E-state index < -0.39 is 6.10 Å². The van der Waals surface area contributed by atoms with Crippen LogP contribution in [0.5, 0.6) is 5.75 Å². The summed E-state index contributed by atoms with van der Waals surface area (Å²) in [5, 5.41) is 10.2. The number of rotatable bonds is 6. The van der Waals surface area contributed by atoms with E-state index in [9.17, 15) is 5.11 Å². The molecule has 0 spiro atoms. The minimum absolute atomic E-state index is 0.315. The Morgan fingerprint density at radius 2 is 1.81 bits per heavy atom. The molecular weight excluding hydrogens is 328 g/mol. The predicted octanol–water partition coefficient (Wildman–Crippen LogP) is 3.45. The van der Waals surface area contributed by atoms with E-state index in [-0.39, 0.29) is 0 Å². The van der Waals surface area contributed by atoms with Crippen molar-refractivity contribution in [2.24, 2.45) is 0 Å². The predicted molar refractivity (Wildman–Crippen MR) is 100 cm³/mol. The molecule has 5 heteroatoms. The van der Waals surface area contributed by atoms with Gasteiger partial charge in [-0.1, -0.05) is 30.3 Å². The van der Waals surface area contributed by atoms with Gasteiger partial charge in [0, 0.05) is 12.5 Å². The first kappa shape index (κ1) is 17.1. The lowest BCUT2D eigenvalue weighted by atomic mass is 9.96. The standard InChI is InChI=1S/C21H24N2O3/c24-17(15-25-18-6-2-1-3-7-18)14-23-12-10-16(11-13-23)21-22-19-8-4-5-9-20(19)26-21/h1-9,16-17,24H,10-15H2. The number of aliphatic hydroxyl groups excluding tert-OH is 1. The molecule has 0 saturated carbocycles. The summed E-state index contributed by atoms with van der Waals surface area (Å²) in [5.41, 5.74) is 1.79. The van der Waals surface area contributed by atoms with Crippen LogP contribution in [0.15, 0.2) is 59.0 Å². The quantitative estimate of drug-likeness (QED) is 0.736. The van der Waals surface area contributed by atoms with Gasteiger partial charge >= 0.3 is 0 Å². The summed E-state index contributed by atoms with van der Waals surface area (Å²) < 4.78 is 11.5. The average molecular weight is 352 g/mol. The summed E-state index contributed by atoms with van der Waals surface area (Å²) in [6, 6.07) is 17.5. The van der Waals surface area contributed by atoms with Crippen molar-refractivity contribution in [1.29, 1.82) is 0 Å². The number of hydrogen-bond donors (Lipinski definition) is 1. The van der Waals surface area contributed by atoms with Gasteiger partial charge in [-0.15, -0.1) is 0 Å². The normalized spacial score (nSPS) is 17.4. The zero-order chi connectivity index (χ0) is 17.8. The summed E-state index contributed by atoms with van der Waals surface area (Å²) in [6.07, 6.45) is 1.51. The Balaban J connectivity index is 1.25. The molecule has 0 aliphatic carbocycles. The molecule has 4 rings (SSSR count). The van der Waals surface area contributed by atoms with Crippen molar-refractivity contribution in [3.63, 3.8) is 0 Å². The van der Waals surface area contributed by atoms with Gasteiger partial charge in [0.1, 0.15) is 24.0 Å². The van der Waals surface area contributed by atoms with Gasteiger partial charge in [0.15, 0.2) is 11.5 Å². The van der Waals surface area contributed by atoms with Crippen molar-refractivity contribution in [3.05, 3.63) is 60.5 Å². The maximum absolute atomic E-state index is 10.2.